The summed E-state index contributed by atoms with van der Waals surface area (Å²) in [6.07, 6.45) is 1.77. The number of rotatable bonds is 8. The van der Waals surface area contributed by atoms with Crippen molar-refractivity contribution in [1.29, 1.82) is 0 Å². The lowest BCUT2D eigenvalue weighted by Crippen LogP contribution is -2.23. The van der Waals surface area contributed by atoms with Crippen molar-refractivity contribution in [3.63, 3.8) is 0 Å². The van der Waals surface area contributed by atoms with Gasteiger partial charge in [-0.1, -0.05) is 11.8 Å². The summed E-state index contributed by atoms with van der Waals surface area (Å²) in [6.45, 7) is 5.45. The molecule has 2 heterocycles. The Labute approximate surface area is 200 Å². The molecule has 1 N–H and O–H groups in total. The minimum atomic E-state index is -0.523. The molecule has 0 saturated carbocycles. The lowest BCUT2D eigenvalue weighted by Gasteiger charge is -2.19. The minimum Gasteiger partial charge on any atom is -0.495 e. The number of thioether (sulfide) groups is 1. The van der Waals surface area contributed by atoms with Gasteiger partial charge in [-0.3, -0.25) is 14.9 Å². The summed E-state index contributed by atoms with van der Waals surface area (Å²) in [7, 11) is 1.44. The molecule has 0 saturated heterocycles. The third-order valence-electron chi connectivity index (χ3n) is 5.28. The molecule has 0 bridgehead atoms. The zero-order chi connectivity index (χ0) is 24.2. The molecular formula is C23H24N4O6S. The second-order valence-corrected chi connectivity index (χ2v) is 8.73. The van der Waals surface area contributed by atoms with E-state index in [2.05, 4.69) is 10.3 Å². The fraction of sp³-hybridized carbons (Fsp3) is 0.304. The number of anilines is 1. The molecule has 0 fully saturated rings. The van der Waals surface area contributed by atoms with E-state index in [1.807, 2.05) is 29.7 Å². The second-order valence-electron chi connectivity index (χ2n) is 7.42. The molecule has 1 aromatic heterocycles. The zero-order valence-electron chi connectivity index (χ0n) is 18.9. The highest BCUT2D eigenvalue weighted by Gasteiger charge is 2.22. The van der Waals surface area contributed by atoms with Crippen molar-refractivity contribution in [2.75, 3.05) is 25.6 Å². The highest BCUT2D eigenvalue weighted by atomic mass is 32.2. The Morgan fingerprint density at radius 1 is 1.26 bits per heavy atom. The average molecular weight is 485 g/mol. The molecule has 1 aliphatic rings. The molecule has 0 radical (unpaired) electrons. The van der Waals surface area contributed by atoms with Gasteiger partial charge in [0.1, 0.15) is 19.0 Å². The van der Waals surface area contributed by atoms with E-state index in [4.69, 9.17) is 14.2 Å². The number of carbonyl (C=O) groups is 1. The molecule has 1 aliphatic heterocycles. The lowest BCUT2D eigenvalue weighted by molar-refractivity contribution is -0.384. The van der Waals surface area contributed by atoms with Crippen molar-refractivity contribution in [1.82, 2.24) is 9.55 Å². The Balaban J connectivity index is 1.52. The van der Waals surface area contributed by atoms with Crippen LogP contribution in [0.25, 0.3) is 11.3 Å². The first-order valence-electron chi connectivity index (χ1n) is 10.7. The topological polar surface area (TPSA) is 118 Å². The Morgan fingerprint density at radius 2 is 2.03 bits per heavy atom. The number of nitrogens with one attached hydrogen (secondary N) is 1. The number of hydrogen-bond acceptors (Lipinski definition) is 8. The van der Waals surface area contributed by atoms with Gasteiger partial charge in [-0.2, -0.15) is 0 Å². The van der Waals surface area contributed by atoms with Crippen molar-refractivity contribution >= 4 is 29.0 Å². The number of fused-ring (bicyclic) bond motifs is 1. The van der Waals surface area contributed by atoms with E-state index in [1.54, 1.807) is 13.1 Å². The first-order chi connectivity index (χ1) is 16.4. The molecule has 10 nitrogen and oxygen atoms in total. The number of carbonyl (C=O) groups excluding carboxylic acids is 1. The Kier molecular flexibility index (Phi) is 6.92. The van der Waals surface area contributed by atoms with Gasteiger partial charge in [-0.15, -0.1) is 0 Å². The molecular weight excluding hydrogens is 460 g/mol. The predicted octanol–water partition coefficient (Wildman–Crippen LogP) is 4.38. The number of non-ortho nitro benzene ring substituents is 1. The van der Waals surface area contributed by atoms with Gasteiger partial charge in [0, 0.05) is 24.2 Å². The fourth-order valence-corrected chi connectivity index (χ4v) is 4.50. The zero-order valence-corrected chi connectivity index (χ0v) is 19.8. The number of benzene rings is 2. The molecule has 4 rings (SSSR count). The molecule has 3 aromatic rings. The van der Waals surface area contributed by atoms with Crippen LogP contribution in [0.5, 0.6) is 17.2 Å². The Hall–Kier alpha value is -3.73. The molecule has 1 amide bonds. The van der Waals surface area contributed by atoms with Gasteiger partial charge < -0.3 is 24.1 Å². The number of methoxy groups -OCH3 is 1. The van der Waals surface area contributed by atoms with Crippen LogP contribution in [0.1, 0.15) is 13.8 Å². The molecule has 0 spiro atoms. The van der Waals surface area contributed by atoms with Gasteiger partial charge in [0.15, 0.2) is 16.7 Å². The van der Waals surface area contributed by atoms with Gasteiger partial charge in [0.25, 0.3) is 5.69 Å². The normalized spacial score (nSPS) is 13.3. The second kappa shape index (κ2) is 10.0. The maximum Gasteiger partial charge on any atom is 0.271 e. The highest BCUT2D eigenvalue weighted by molar-refractivity contribution is 8.00. The molecule has 11 heteroatoms. The third-order valence-corrected chi connectivity index (χ3v) is 6.38. The van der Waals surface area contributed by atoms with Crippen molar-refractivity contribution < 1.29 is 23.9 Å². The number of ether oxygens (including phenoxy) is 3. The van der Waals surface area contributed by atoms with E-state index in [0.717, 1.165) is 11.3 Å². The average Bonchev–Trinajstić information content (AvgIpc) is 3.25. The first-order valence-corrected chi connectivity index (χ1v) is 11.5. The summed E-state index contributed by atoms with van der Waals surface area (Å²) in [5, 5.41) is 14.0. The van der Waals surface area contributed by atoms with Crippen molar-refractivity contribution in [2.45, 2.75) is 30.8 Å². The summed E-state index contributed by atoms with van der Waals surface area (Å²) >= 11 is 1.30. The SMILES string of the molecule is CCn1c(-c2ccc3c(c2)OCCO3)cnc1SC(C)C(=O)Nc1cc([N+](=O)[O-])ccc1OC. The van der Waals surface area contributed by atoms with E-state index in [9.17, 15) is 14.9 Å². The van der Waals surface area contributed by atoms with Crippen LogP contribution in [0, 0.1) is 10.1 Å². The maximum absolute atomic E-state index is 12.9. The molecule has 34 heavy (non-hydrogen) atoms. The molecule has 1 atom stereocenters. The van der Waals surface area contributed by atoms with E-state index in [1.165, 1.54) is 37.1 Å². The Morgan fingerprint density at radius 3 is 2.74 bits per heavy atom. The van der Waals surface area contributed by atoms with Crippen LogP contribution in [0.4, 0.5) is 11.4 Å². The number of amides is 1. The quantitative estimate of drug-likeness (QED) is 0.284. The summed E-state index contributed by atoms with van der Waals surface area (Å²) < 4.78 is 18.5. The van der Waals surface area contributed by atoms with Gasteiger partial charge in [-0.05, 0) is 38.1 Å². The number of aromatic nitrogens is 2. The smallest absolute Gasteiger partial charge is 0.271 e. The molecule has 1 unspecified atom stereocenters. The van der Waals surface area contributed by atoms with Crippen LogP contribution in [-0.4, -0.2) is 46.0 Å². The number of hydrogen-bond donors (Lipinski definition) is 1. The number of imidazole rings is 1. The number of nitro benzene ring substituents is 1. The first kappa shape index (κ1) is 23.4. The van der Waals surface area contributed by atoms with E-state index < -0.39 is 10.2 Å². The lowest BCUT2D eigenvalue weighted by atomic mass is 10.1. The van der Waals surface area contributed by atoms with E-state index in [-0.39, 0.29) is 17.3 Å². The van der Waals surface area contributed by atoms with E-state index >= 15 is 0 Å². The summed E-state index contributed by atoms with van der Waals surface area (Å²) in [6, 6.07) is 9.82. The monoisotopic (exact) mass is 484 g/mol. The summed E-state index contributed by atoms with van der Waals surface area (Å²) in [4.78, 5) is 28.0. The number of nitro groups is 1. The summed E-state index contributed by atoms with van der Waals surface area (Å²) in [5.41, 5.74) is 1.94. The van der Waals surface area contributed by atoms with Gasteiger partial charge >= 0.3 is 0 Å². The van der Waals surface area contributed by atoms with Crippen LogP contribution in [0.15, 0.2) is 47.8 Å². The maximum atomic E-state index is 12.9. The molecule has 2 aromatic carbocycles. The van der Waals surface area contributed by atoms with Crippen LogP contribution in [0.3, 0.4) is 0 Å². The van der Waals surface area contributed by atoms with Crippen molar-refractivity contribution in [3.8, 4) is 28.5 Å². The van der Waals surface area contributed by atoms with Crippen molar-refractivity contribution in [2.24, 2.45) is 0 Å². The third kappa shape index (κ3) is 4.79. The largest absolute Gasteiger partial charge is 0.495 e. The minimum absolute atomic E-state index is 0.137. The highest BCUT2D eigenvalue weighted by Crippen LogP contribution is 2.36. The van der Waals surface area contributed by atoms with E-state index in [0.29, 0.717) is 42.2 Å². The predicted molar refractivity (Wildman–Crippen MR) is 128 cm³/mol. The van der Waals surface area contributed by atoms with Gasteiger partial charge in [-0.25, -0.2) is 4.98 Å². The Bertz CT molecular complexity index is 1230. The standard InChI is InChI=1S/C23H24N4O6S/c1-4-26-18(15-5-7-20-21(11-15)33-10-9-32-20)13-24-23(26)34-14(2)22(28)25-17-12-16(27(29)30)6-8-19(17)31-3/h5-8,11-14H,4,9-10H2,1-3H3,(H,25,28). The fourth-order valence-electron chi connectivity index (χ4n) is 3.54. The number of nitrogens with zero attached hydrogens (tertiary/aromatic N) is 3. The van der Waals surface area contributed by atoms with Crippen LogP contribution in [0.2, 0.25) is 0 Å². The van der Waals surface area contributed by atoms with Crippen LogP contribution < -0.4 is 19.5 Å². The van der Waals surface area contributed by atoms with Gasteiger partial charge in [0.2, 0.25) is 5.91 Å². The van der Waals surface area contributed by atoms with Gasteiger partial charge in [0.05, 0.1) is 34.9 Å². The van der Waals surface area contributed by atoms with Crippen molar-refractivity contribution in [3.05, 3.63) is 52.7 Å². The van der Waals surface area contributed by atoms with Crippen LogP contribution >= 0.6 is 11.8 Å². The molecule has 0 aliphatic carbocycles. The van der Waals surface area contributed by atoms with Crippen LogP contribution in [-0.2, 0) is 11.3 Å². The summed E-state index contributed by atoms with van der Waals surface area (Å²) in [5.74, 6) is 1.43. The molecule has 178 valence electrons.